The quantitative estimate of drug-likeness (QED) is 0.322. The fraction of sp³-hybridized carbons (Fsp3) is 0.727. The van der Waals surface area contributed by atoms with E-state index in [1.54, 1.807) is 0 Å². The van der Waals surface area contributed by atoms with Crippen LogP contribution < -0.4 is 0 Å². The van der Waals surface area contributed by atoms with Crippen LogP contribution in [0.3, 0.4) is 0 Å². The summed E-state index contributed by atoms with van der Waals surface area (Å²) in [5.74, 6) is 0. The van der Waals surface area contributed by atoms with Crippen LogP contribution in [-0.2, 0) is 12.8 Å². The van der Waals surface area contributed by atoms with E-state index in [9.17, 15) is 0 Å². The van der Waals surface area contributed by atoms with Gasteiger partial charge in [-0.05, 0) is 48.9 Å². The van der Waals surface area contributed by atoms with Crippen LogP contribution in [0, 0.1) is 12.1 Å². The lowest BCUT2D eigenvalue weighted by Gasteiger charge is -2.04. The molecular formula is C22H36. The number of hydrogen-bond acceptors (Lipinski definition) is 0. The summed E-state index contributed by atoms with van der Waals surface area (Å²) in [4.78, 5) is 0. The van der Waals surface area contributed by atoms with Crippen LogP contribution in [0.15, 0.2) is 12.1 Å². The molecule has 22 heavy (non-hydrogen) atoms. The van der Waals surface area contributed by atoms with Crippen molar-refractivity contribution in [3.8, 4) is 0 Å². The smallest absolute Gasteiger partial charge is 0.0146 e. The van der Waals surface area contributed by atoms with E-state index in [0.717, 1.165) is 0 Å². The molecule has 0 fully saturated rings. The van der Waals surface area contributed by atoms with Crippen LogP contribution in [0.5, 0.6) is 0 Å². The number of unbranched alkanes of at least 4 members (excludes halogenated alkanes) is 10. The lowest BCUT2D eigenvalue weighted by Crippen LogP contribution is -1.90. The molecule has 0 amide bonds. The molecule has 0 saturated carbocycles. The Morgan fingerprint density at radius 2 is 0.909 bits per heavy atom. The number of hydrogen-bond donors (Lipinski definition) is 0. The first-order valence-corrected chi connectivity index (χ1v) is 9.78. The van der Waals surface area contributed by atoms with Gasteiger partial charge in [-0.1, -0.05) is 90.2 Å². The zero-order chi connectivity index (χ0) is 15.9. The van der Waals surface area contributed by atoms with Crippen LogP contribution in [-0.4, -0.2) is 0 Å². The summed E-state index contributed by atoms with van der Waals surface area (Å²) < 4.78 is 0. The average molecular weight is 301 g/mol. The van der Waals surface area contributed by atoms with Gasteiger partial charge in [0.2, 0.25) is 0 Å². The highest BCUT2D eigenvalue weighted by Crippen LogP contribution is 2.13. The molecule has 0 aromatic heterocycles. The normalized spacial score (nSPS) is 11.0. The van der Waals surface area contributed by atoms with Crippen molar-refractivity contribution < 1.29 is 0 Å². The van der Waals surface area contributed by atoms with E-state index >= 15 is 0 Å². The van der Waals surface area contributed by atoms with Crippen molar-refractivity contribution in [3.63, 3.8) is 0 Å². The van der Waals surface area contributed by atoms with Gasteiger partial charge in [-0.2, -0.15) is 0 Å². The molecule has 0 aliphatic heterocycles. The summed E-state index contributed by atoms with van der Waals surface area (Å²) in [5.41, 5.74) is 2.70. The minimum atomic E-state index is 1.18. The topological polar surface area (TPSA) is 0 Å². The maximum Gasteiger partial charge on any atom is -0.0146 e. The van der Waals surface area contributed by atoms with Gasteiger partial charge >= 0.3 is 0 Å². The molecule has 1 rings (SSSR count). The minimum Gasteiger partial charge on any atom is -0.0654 e. The van der Waals surface area contributed by atoms with Gasteiger partial charge in [0.05, 0.1) is 0 Å². The van der Waals surface area contributed by atoms with Gasteiger partial charge < -0.3 is 0 Å². The lowest BCUT2D eigenvalue weighted by molar-refractivity contribution is 0.605. The van der Waals surface area contributed by atoms with E-state index < -0.39 is 0 Å². The summed E-state index contributed by atoms with van der Waals surface area (Å²) in [7, 11) is 0. The first-order chi connectivity index (χ1) is 10.9. The highest BCUT2D eigenvalue weighted by atomic mass is 14.0. The Balaban J connectivity index is 2.07. The Kier molecular flexibility index (Phi) is 12.1. The molecule has 0 saturated heterocycles. The maximum atomic E-state index is 3.47. The highest BCUT2D eigenvalue weighted by molar-refractivity contribution is 5.20. The van der Waals surface area contributed by atoms with E-state index in [2.05, 4.69) is 38.1 Å². The zero-order valence-corrected chi connectivity index (χ0v) is 15.1. The van der Waals surface area contributed by atoms with Crippen molar-refractivity contribution in [1.29, 1.82) is 0 Å². The molecule has 0 aliphatic carbocycles. The number of benzene rings is 1. The second-order valence-electron chi connectivity index (χ2n) is 6.66. The minimum absolute atomic E-state index is 1.18. The van der Waals surface area contributed by atoms with Gasteiger partial charge in [-0.15, -0.1) is 0 Å². The predicted molar refractivity (Wildman–Crippen MR) is 98.3 cm³/mol. The Morgan fingerprint density at radius 3 is 1.27 bits per heavy atom. The van der Waals surface area contributed by atoms with E-state index in [-0.39, 0.29) is 0 Å². The van der Waals surface area contributed by atoms with Gasteiger partial charge in [-0.3, -0.25) is 0 Å². The van der Waals surface area contributed by atoms with Crippen molar-refractivity contribution >= 4 is 0 Å². The summed E-state index contributed by atoms with van der Waals surface area (Å²) in [6.07, 6.45) is 18.8. The average Bonchev–Trinajstić information content (AvgIpc) is 2.55. The molecule has 0 aliphatic rings. The first-order valence-electron chi connectivity index (χ1n) is 9.78. The standard InChI is InChI=1S/C22H36/c1-3-5-7-9-11-13-15-21-17-19-22(20-18-21)16-14-12-10-8-6-4-2/h17,20H,3-16H2,1-2H3. The van der Waals surface area contributed by atoms with Gasteiger partial charge in [0.25, 0.3) is 0 Å². The van der Waals surface area contributed by atoms with Crippen molar-refractivity contribution in [2.24, 2.45) is 0 Å². The van der Waals surface area contributed by atoms with Gasteiger partial charge in [0.15, 0.2) is 0 Å². The summed E-state index contributed by atoms with van der Waals surface area (Å²) in [5, 5.41) is 0. The number of rotatable bonds is 14. The highest BCUT2D eigenvalue weighted by Gasteiger charge is 1.98. The third-order valence-corrected chi connectivity index (χ3v) is 4.46. The summed E-state index contributed by atoms with van der Waals surface area (Å²) >= 11 is 0. The van der Waals surface area contributed by atoms with Gasteiger partial charge in [0, 0.05) is 0 Å². The van der Waals surface area contributed by atoms with Crippen molar-refractivity contribution in [2.75, 3.05) is 0 Å². The fourth-order valence-corrected chi connectivity index (χ4v) is 2.92. The largest absolute Gasteiger partial charge is 0.0654 e. The number of aryl methyl sites for hydroxylation is 2. The van der Waals surface area contributed by atoms with Crippen molar-refractivity contribution in [3.05, 3.63) is 35.4 Å². The predicted octanol–water partition coefficient (Wildman–Crippen LogP) is 7.09. The zero-order valence-electron chi connectivity index (χ0n) is 15.1. The Bertz CT molecular complexity index is 301. The van der Waals surface area contributed by atoms with E-state index in [4.69, 9.17) is 0 Å². The third-order valence-electron chi connectivity index (χ3n) is 4.46. The van der Waals surface area contributed by atoms with E-state index in [1.165, 1.54) is 101 Å². The van der Waals surface area contributed by atoms with Crippen LogP contribution in [0.1, 0.15) is 102 Å². The second kappa shape index (κ2) is 13.9. The molecule has 0 N–H and O–H groups in total. The molecule has 0 heteroatoms. The Morgan fingerprint density at radius 1 is 0.545 bits per heavy atom. The molecule has 1 aromatic carbocycles. The molecular weight excluding hydrogens is 264 g/mol. The Hall–Kier alpha value is -0.780. The van der Waals surface area contributed by atoms with Crippen LogP contribution in [0.25, 0.3) is 0 Å². The van der Waals surface area contributed by atoms with Gasteiger partial charge in [-0.25, -0.2) is 0 Å². The van der Waals surface area contributed by atoms with Crippen LogP contribution in [0.2, 0.25) is 0 Å². The van der Waals surface area contributed by atoms with Crippen molar-refractivity contribution in [1.82, 2.24) is 0 Å². The lowest BCUT2D eigenvalue weighted by atomic mass is 10.0. The van der Waals surface area contributed by atoms with Crippen LogP contribution in [0.4, 0.5) is 0 Å². The second-order valence-corrected chi connectivity index (χ2v) is 6.66. The summed E-state index contributed by atoms with van der Waals surface area (Å²) in [6.45, 7) is 4.55. The molecule has 124 valence electrons. The molecule has 0 bridgehead atoms. The Labute approximate surface area is 139 Å². The molecule has 0 nitrogen and oxygen atoms in total. The molecule has 0 atom stereocenters. The first kappa shape index (κ1) is 19.3. The summed E-state index contributed by atoms with van der Waals surface area (Å²) in [6, 6.07) is 11.3. The molecule has 2 radical (unpaired) electrons. The van der Waals surface area contributed by atoms with E-state index in [1.807, 2.05) is 0 Å². The van der Waals surface area contributed by atoms with Gasteiger partial charge in [0.1, 0.15) is 0 Å². The molecule has 0 spiro atoms. The fourth-order valence-electron chi connectivity index (χ4n) is 2.92. The maximum absolute atomic E-state index is 3.47. The van der Waals surface area contributed by atoms with Crippen LogP contribution >= 0.6 is 0 Å². The molecule has 0 heterocycles. The molecule has 0 unspecified atom stereocenters. The monoisotopic (exact) mass is 300 g/mol. The van der Waals surface area contributed by atoms with E-state index in [0.29, 0.717) is 0 Å². The SMILES string of the molecule is CCCCCCCCc1[c]cc(CCCCCCCC)[c]c1. The molecule has 1 aromatic rings. The third kappa shape index (κ3) is 10.0. The van der Waals surface area contributed by atoms with Crippen molar-refractivity contribution in [2.45, 2.75) is 104 Å².